The predicted octanol–water partition coefficient (Wildman–Crippen LogP) is 1.90. The number of hydrogen-bond acceptors (Lipinski definition) is 1. The molecule has 0 radical (unpaired) electrons. The van der Waals surface area contributed by atoms with E-state index in [0.29, 0.717) is 5.92 Å². The molecule has 0 aliphatic heterocycles. The van der Waals surface area contributed by atoms with Crippen LogP contribution >= 0.6 is 0 Å². The molecule has 66 valence electrons. The van der Waals surface area contributed by atoms with Gasteiger partial charge >= 0.3 is 5.97 Å². The minimum atomic E-state index is -1.01. The number of hydrogen-bond donors (Lipinski definition) is 1. The first-order valence-corrected chi connectivity index (χ1v) is 4.44. The summed E-state index contributed by atoms with van der Waals surface area (Å²) in [6, 6.07) is 0. The van der Waals surface area contributed by atoms with Gasteiger partial charge in [0.1, 0.15) is 0 Å². The molecule has 1 unspecified atom stereocenters. The Balaban J connectivity index is 2.42. The van der Waals surface area contributed by atoms with Crippen molar-refractivity contribution in [2.45, 2.75) is 32.6 Å². The third kappa shape index (κ3) is 2.58. The van der Waals surface area contributed by atoms with Gasteiger partial charge in [-0.2, -0.15) is 0 Å². The fourth-order valence-corrected chi connectivity index (χ4v) is 1.75. The topological polar surface area (TPSA) is 37.3 Å². The predicted molar refractivity (Wildman–Crippen MR) is 46.5 cm³/mol. The second-order valence-electron chi connectivity index (χ2n) is 3.41. The summed E-state index contributed by atoms with van der Waals surface area (Å²) < 4.78 is 0. The zero-order chi connectivity index (χ0) is 8.97. The third-order valence-corrected chi connectivity index (χ3v) is 2.51. The molecule has 0 saturated heterocycles. The van der Waals surface area contributed by atoms with E-state index in [1.54, 1.807) is 0 Å². The van der Waals surface area contributed by atoms with Gasteiger partial charge in [0.05, 0.1) is 0 Å². The molecule has 0 bridgehead atoms. The Morgan fingerprint density at radius 1 is 1.50 bits per heavy atom. The maximum Gasteiger partial charge on any atom is 0.381 e. The molecule has 0 spiro atoms. The Bertz CT molecular complexity index is 216. The van der Waals surface area contributed by atoms with Gasteiger partial charge in [0.25, 0.3) is 0 Å². The lowest BCUT2D eigenvalue weighted by Crippen LogP contribution is -2.05. The van der Waals surface area contributed by atoms with Crippen LogP contribution in [0, 0.1) is 23.7 Å². The van der Waals surface area contributed by atoms with Crippen LogP contribution in [0.15, 0.2) is 0 Å². The number of rotatable bonds is 1. The van der Waals surface area contributed by atoms with Gasteiger partial charge in [0, 0.05) is 11.8 Å². The zero-order valence-corrected chi connectivity index (χ0v) is 7.34. The summed E-state index contributed by atoms with van der Waals surface area (Å²) in [6.45, 7) is 2.02. The second kappa shape index (κ2) is 4.15. The molecule has 0 aromatic carbocycles. The molecular weight excluding hydrogens is 152 g/mol. The average Bonchev–Trinajstić information content (AvgIpc) is 2.51. The van der Waals surface area contributed by atoms with Crippen molar-refractivity contribution in [2.24, 2.45) is 11.8 Å². The molecule has 1 aliphatic rings. The van der Waals surface area contributed by atoms with E-state index in [2.05, 4.69) is 11.8 Å². The van der Waals surface area contributed by atoms with Crippen LogP contribution in [0.1, 0.15) is 32.6 Å². The van der Waals surface area contributed by atoms with Crippen molar-refractivity contribution >= 4 is 5.97 Å². The lowest BCUT2D eigenvalue weighted by Gasteiger charge is -2.11. The first-order chi connectivity index (χ1) is 5.70. The van der Waals surface area contributed by atoms with Crippen molar-refractivity contribution in [3.05, 3.63) is 0 Å². The molecule has 1 fully saturated rings. The highest BCUT2D eigenvalue weighted by Gasteiger charge is 2.19. The SMILES string of the molecule is CC(C#CC(=O)O)C1CCCC1. The number of carboxylic acids is 1. The van der Waals surface area contributed by atoms with Crippen LogP contribution in [0.5, 0.6) is 0 Å². The minimum Gasteiger partial charge on any atom is -0.472 e. The molecule has 0 amide bonds. The van der Waals surface area contributed by atoms with Crippen LogP contribution in [0.3, 0.4) is 0 Å². The molecule has 0 heterocycles. The lowest BCUT2D eigenvalue weighted by atomic mass is 9.93. The number of aliphatic carboxylic acids is 1. The summed E-state index contributed by atoms with van der Waals surface area (Å²) in [5.74, 6) is 4.84. The van der Waals surface area contributed by atoms with Crippen LogP contribution in [0.25, 0.3) is 0 Å². The number of carboxylic acid groups (broad SMARTS) is 1. The van der Waals surface area contributed by atoms with Gasteiger partial charge in [-0.1, -0.05) is 25.7 Å². The summed E-state index contributed by atoms with van der Waals surface area (Å²) in [5.41, 5.74) is 0. The van der Waals surface area contributed by atoms with Crippen molar-refractivity contribution < 1.29 is 9.90 Å². The molecule has 1 aliphatic carbocycles. The molecule has 2 heteroatoms. The normalized spacial score (nSPS) is 19.8. The first kappa shape index (κ1) is 9.12. The van der Waals surface area contributed by atoms with Gasteiger partial charge in [-0.3, -0.25) is 0 Å². The third-order valence-electron chi connectivity index (χ3n) is 2.51. The van der Waals surface area contributed by atoms with E-state index in [9.17, 15) is 4.79 Å². The average molecular weight is 166 g/mol. The van der Waals surface area contributed by atoms with Crippen LogP contribution < -0.4 is 0 Å². The maximum atomic E-state index is 10.1. The van der Waals surface area contributed by atoms with Gasteiger partial charge in [-0.25, -0.2) is 4.79 Å². The Morgan fingerprint density at radius 3 is 2.58 bits per heavy atom. The second-order valence-corrected chi connectivity index (χ2v) is 3.41. The van der Waals surface area contributed by atoms with Crippen LogP contribution in [0.4, 0.5) is 0 Å². The summed E-state index contributed by atoms with van der Waals surface area (Å²) in [5, 5.41) is 8.33. The molecule has 1 atom stereocenters. The largest absolute Gasteiger partial charge is 0.472 e. The van der Waals surface area contributed by atoms with E-state index in [1.807, 2.05) is 6.92 Å². The highest BCUT2D eigenvalue weighted by Crippen LogP contribution is 2.30. The van der Waals surface area contributed by atoms with Gasteiger partial charge in [0.2, 0.25) is 0 Å². The lowest BCUT2D eigenvalue weighted by molar-refractivity contribution is -0.130. The van der Waals surface area contributed by atoms with E-state index < -0.39 is 5.97 Å². The van der Waals surface area contributed by atoms with Crippen molar-refractivity contribution in [1.29, 1.82) is 0 Å². The van der Waals surface area contributed by atoms with E-state index in [4.69, 9.17) is 5.11 Å². The van der Waals surface area contributed by atoms with Gasteiger partial charge in [-0.05, 0) is 18.8 Å². The quantitative estimate of drug-likeness (QED) is 0.604. The van der Waals surface area contributed by atoms with Gasteiger partial charge in [-0.15, -0.1) is 0 Å². The Kier molecular flexibility index (Phi) is 3.16. The van der Waals surface area contributed by atoms with Gasteiger partial charge in [0.15, 0.2) is 0 Å². The first-order valence-electron chi connectivity index (χ1n) is 4.44. The summed E-state index contributed by atoms with van der Waals surface area (Å²) >= 11 is 0. The molecule has 0 aromatic heterocycles. The fraction of sp³-hybridized carbons (Fsp3) is 0.700. The van der Waals surface area contributed by atoms with E-state index in [-0.39, 0.29) is 5.92 Å². The van der Waals surface area contributed by atoms with Gasteiger partial charge < -0.3 is 5.11 Å². The molecular formula is C10H14O2. The van der Waals surface area contributed by atoms with E-state index in [0.717, 1.165) is 0 Å². The van der Waals surface area contributed by atoms with E-state index in [1.165, 1.54) is 25.7 Å². The van der Waals surface area contributed by atoms with E-state index >= 15 is 0 Å². The monoisotopic (exact) mass is 166 g/mol. The molecule has 2 nitrogen and oxygen atoms in total. The maximum absolute atomic E-state index is 10.1. The fourth-order valence-electron chi connectivity index (χ4n) is 1.75. The van der Waals surface area contributed by atoms with Crippen molar-refractivity contribution in [3.8, 4) is 11.8 Å². The van der Waals surface area contributed by atoms with Crippen LogP contribution in [-0.4, -0.2) is 11.1 Å². The van der Waals surface area contributed by atoms with Crippen LogP contribution in [-0.2, 0) is 4.79 Å². The smallest absolute Gasteiger partial charge is 0.381 e. The zero-order valence-electron chi connectivity index (χ0n) is 7.34. The Labute approximate surface area is 73.0 Å². The van der Waals surface area contributed by atoms with Crippen LogP contribution in [0.2, 0.25) is 0 Å². The van der Waals surface area contributed by atoms with Crippen molar-refractivity contribution in [3.63, 3.8) is 0 Å². The molecule has 1 N–H and O–H groups in total. The molecule has 12 heavy (non-hydrogen) atoms. The Hall–Kier alpha value is -0.970. The molecule has 0 aromatic rings. The molecule has 1 rings (SSSR count). The molecule has 1 saturated carbocycles. The highest BCUT2D eigenvalue weighted by atomic mass is 16.4. The minimum absolute atomic E-state index is 0.253. The number of carbonyl (C=O) groups is 1. The highest BCUT2D eigenvalue weighted by molar-refractivity contribution is 5.86. The summed E-state index contributed by atoms with van der Waals surface area (Å²) in [6.07, 6.45) is 5.00. The summed E-state index contributed by atoms with van der Waals surface area (Å²) in [4.78, 5) is 10.1. The standard InChI is InChI=1S/C10H14O2/c1-8(6-7-10(11)12)9-4-2-3-5-9/h8-9H,2-5H2,1H3,(H,11,12). The summed E-state index contributed by atoms with van der Waals surface area (Å²) in [7, 11) is 0. The van der Waals surface area contributed by atoms with Crippen molar-refractivity contribution in [2.75, 3.05) is 0 Å². The van der Waals surface area contributed by atoms with Crippen molar-refractivity contribution in [1.82, 2.24) is 0 Å². The Morgan fingerprint density at radius 2 is 2.08 bits per heavy atom.